The summed E-state index contributed by atoms with van der Waals surface area (Å²) in [6.07, 6.45) is 1.30. The van der Waals surface area contributed by atoms with E-state index in [0.717, 1.165) is 21.7 Å². The molecule has 2 aromatic carbocycles. The van der Waals surface area contributed by atoms with Crippen LogP contribution in [0, 0.1) is 13.8 Å². The van der Waals surface area contributed by atoms with Crippen LogP contribution in [0.25, 0.3) is 0 Å². The van der Waals surface area contributed by atoms with Crippen LogP contribution in [0.5, 0.6) is 0 Å². The first-order valence-corrected chi connectivity index (χ1v) is 11.0. The summed E-state index contributed by atoms with van der Waals surface area (Å²) in [6, 6.07) is 9.09. The van der Waals surface area contributed by atoms with Gasteiger partial charge >= 0.3 is 0 Å². The fourth-order valence-electron chi connectivity index (χ4n) is 2.79. The molecule has 1 amide bonds. The molecule has 2 rings (SSSR count). The van der Waals surface area contributed by atoms with Crippen LogP contribution in [0.1, 0.15) is 24.5 Å². The third kappa shape index (κ3) is 4.94. The molecule has 0 radical (unpaired) electrons. The van der Waals surface area contributed by atoms with E-state index in [1.54, 1.807) is 19.1 Å². The normalized spacial score (nSPS) is 12.5. The van der Waals surface area contributed by atoms with Crippen LogP contribution < -0.4 is 9.62 Å². The first-order valence-electron chi connectivity index (χ1n) is 8.37. The number of rotatable bonds is 6. The lowest BCUT2D eigenvalue weighted by molar-refractivity contribution is -0.117. The van der Waals surface area contributed by atoms with Crippen molar-refractivity contribution in [1.29, 1.82) is 0 Å². The highest BCUT2D eigenvalue weighted by molar-refractivity contribution is 7.92. The molecule has 0 fully saturated rings. The monoisotopic (exact) mass is 428 g/mol. The number of amides is 1. The molecule has 0 heterocycles. The Kier molecular flexibility index (Phi) is 6.78. The van der Waals surface area contributed by atoms with Gasteiger partial charge in [-0.2, -0.15) is 0 Å². The number of sulfonamides is 1. The lowest BCUT2D eigenvalue weighted by Gasteiger charge is -2.31. The molecule has 0 aliphatic heterocycles. The van der Waals surface area contributed by atoms with Gasteiger partial charge in [-0.25, -0.2) is 8.42 Å². The van der Waals surface area contributed by atoms with Crippen molar-refractivity contribution in [2.75, 3.05) is 15.9 Å². The number of hydrogen-bond acceptors (Lipinski definition) is 3. The third-order valence-electron chi connectivity index (χ3n) is 4.34. The van der Waals surface area contributed by atoms with Gasteiger partial charge < -0.3 is 5.32 Å². The summed E-state index contributed by atoms with van der Waals surface area (Å²) in [4.78, 5) is 13.0. The fraction of sp³-hybridized carbons (Fsp3) is 0.316. The largest absolute Gasteiger partial charge is 0.324 e. The molecule has 0 spiro atoms. The second kappa shape index (κ2) is 8.50. The summed E-state index contributed by atoms with van der Waals surface area (Å²) in [7, 11) is -3.79. The van der Waals surface area contributed by atoms with Gasteiger partial charge in [0.15, 0.2) is 0 Å². The van der Waals surface area contributed by atoms with Crippen LogP contribution >= 0.6 is 23.2 Å². The maximum Gasteiger partial charge on any atom is 0.248 e. The van der Waals surface area contributed by atoms with E-state index in [-0.39, 0.29) is 17.1 Å². The van der Waals surface area contributed by atoms with Crippen molar-refractivity contribution in [3.05, 3.63) is 57.6 Å². The Hall–Kier alpha value is -1.76. The van der Waals surface area contributed by atoms with Crippen molar-refractivity contribution in [1.82, 2.24) is 0 Å². The summed E-state index contributed by atoms with van der Waals surface area (Å²) >= 11 is 12.2. The van der Waals surface area contributed by atoms with Gasteiger partial charge in [0, 0.05) is 10.7 Å². The second-order valence-electron chi connectivity index (χ2n) is 6.32. The molecular formula is C19H22Cl2N2O3S. The Labute approximate surface area is 170 Å². The van der Waals surface area contributed by atoms with Crippen LogP contribution in [0.4, 0.5) is 11.4 Å². The van der Waals surface area contributed by atoms with Gasteiger partial charge in [0.2, 0.25) is 15.9 Å². The highest BCUT2D eigenvalue weighted by Gasteiger charge is 2.33. The highest BCUT2D eigenvalue weighted by atomic mass is 35.5. The minimum absolute atomic E-state index is 0.176. The van der Waals surface area contributed by atoms with E-state index in [1.165, 1.54) is 12.1 Å². The molecule has 0 saturated heterocycles. The number of anilines is 2. The Morgan fingerprint density at radius 1 is 1.19 bits per heavy atom. The van der Waals surface area contributed by atoms with Gasteiger partial charge in [0.1, 0.15) is 6.04 Å². The lowest BCUT2D eigenvalue weighted by atomic mass is 10.1. The molecule has 1 atom stereocenters. The van der Waals surface area contributed by atoms with E-state index in [0.29, 0.717) is 10.7 Å². The average Bonchev–Trinajstić information content (AvgIpc) is 2.58. The molecule has 0 aliphatic carbocycles. The molecule has 0 aliphatic rings. The van der Waals surface area contributed by atoms with Crippen molar-refractivity contribution in [3.8, 4) is 0 Å². The first-order chi connectivity index (χ1) is 12.6. The molecule has 1 N–H and O–H groups in total. The van der Waals surface area contributed by atoms with Crippen LogP contribution in [0.2, 0.25) is 10.0 Å². The Morgan fingerprint density at radius 3 is 2.44 bits per heavy atom. The van der Waals surface area contributed by atoms with Crippen LogP contribution in [-0.4, -0.2) is 26.6 Å². The van der Waals surface area contributed by atoms with E-state index in [4.69, 9.17) is 23.2 Å². The number of nitrogens with one attached hydrogen (secondary N) is 1. The number of nitrogens with zero attached hydrogens (tertiary/aromatic N) is 1. The average molecular weight is 429 g/mol. The van der Waals surface area contributed by atoms with Gasteiger partial charge in [-0.05, 0) is 55.7 Å². The number of hydrogen-bond donors (Lipinski definition) is 1. The summed E-state index contributed by atoms with van der Waals surface area (Å²) in [5.41, 5.74) is 2.77. The Bertz CT molecular complexity index is 961. The third-order valence-corrected chi connectivity index (χ3v) is 6.06. The number of benzene rings is 2. The molecule has 5 nitrogen and oxygen atoms in total. The Morgan fingerprint density at radius 2 is 1.85 bits per heavy atom. The van der Waals surface area contributed by atoms with Crippen LogP contribution in [0.15, 0.2) is 36.4 Å². The molecule has 2 aromatic rings. The molecular weight excluding hydrogens is 407 g/mol. The van der Waals surface area contributed by atoms with Crippen molar-refractivity contribution in [2.45, 2.75) is 33.2 Å². The number of carbonyl (C=O) groups is 1. The van der Waals surface area contributed by atoms with Gasteiger partial charge in [-0.15, -0.1) is 0 Å². The topological polar surface area (TPSA) is 66.5 Å². The highest BCUT2D eigenvalue weighted by Crippen LogP contribution is 2.33. The van der Waals surface area contributed by atoms with E-state index in [2.05, 4.69) is 5.32 Å². The van der Waals surface area contributed by atoms with Crippen molar-refractivity contribution < 1.29 is 13.2 Å². The van der Waals surface area contributed by atoms with E-state index < -0.39 is 22.0 Å². The molecule has 27 heavy (non-hydrogen) atoms. The van der Waals surface area contributed by atoms with Gasteiger partial charge in [0.05, 0.1) is 17.0 Å². The maximum absolute atomic E-state index is 13.0. The minimum atomic E-state index is -3.79. The van der Waals surface area contributed by atoms with E-state index in [9.17, 15) is 13.2 Å². The van der Waals surface area contributed by atoms with Gasteiger partial charge in [-0.3, -0.25) is 9.10 Å². The van der Waals surface area contributed by atoms with Crippen LogP contribution in [0.3, 0.4) is 0 Å². The van der Waals surface area contributed by atoms with Crippen molar-refractivity contribution in [2.24, 2.45) is 0 Å². The zero-order valence-corrected chi connectivity index (χ0v) is 17.9. The van der Waals surface area contributed by atoms with E-state index in [1.807, 2.05) is 26.0 Å². The fourth-order valence-corrected chi connectivity index (χ4v) is 4.43. The van der Waals surface area contributed by atoms with Gasteiger partial charge in [-0.1, -0.05) is 42.3 Å². The maximum atomic E-state index is 13.0. The molecule has 0 aromatic heterocycles. The lowest BCUT2D eigenvalue weighted by Crippen LogP contribution is -2.47. The summed E-state index contributed by atoms with van der Waals surface area (Å²) in [6.45, 7) is 5.58. The molecule has 0 saturated carbocycles. The molecule has 0 bridgehead atoms. The number of halogens is 2. The number of carbonyl (C=O) groups excluding carboxylic acids is 1. The quantitative estimate of drug-likeness (QED) is 0.718. The zero-order valence-electron chi connectivity index (χ0n) is 15.6. The smallest absolute Gasteiger partial charge is 0.248 e. The zero-order chi connectivity index (χ0) is 20.4. The Balaban J connectivity index is 2.48. The standard InChI is InChI=1S/C19H22Cl2N2O3S/c1-5-17(19(24)22-16-8-6-7-12(2)13(16)3)23(27(4,25)26)18-11-14(20)9-10-15(18)21/h6-11,17H,5H2,1-4H3,(H,22,24). The van der Waals surface area contributed by atoms with Crippen molar-refractivity contribution >= 4 is 50.5 Å². The first kappa shape index (κ1) is 21.5. The predicted molar refractivity (Wildman–Crippen MR) is 112 cm³/mol. The predicted octanol–water partition coefficient (Wildman–Crippen LogP) is 4.79. The molecule has 146 valence electrons. The summed E-state index contributed by atoms with van der Waals surface area (Å²) in [5, 5.41) is 3.36. The minimum Gasteiger partial charge on any atom is -0.324 e. The second-order valence-corrected chi connectivity index (χ2v) is 9.02. The summed E-state index contributed by atoms with van der Waals surface area (Å²) < 4.78 is 26.1. The molecule has 1 unspecified atom stereocenters. The SMILES string of the molecule is CCC(C(=O)Nc1cccc(C)c1C)N(c1cc(Cl)ccc1Cl)S(C)(=O)=O. The number of aryl methyl sites for hydroxylation is 1. The van der Waals surface area contributed by atoms with Crippen LogP contribution in [-0.2, 0) is 14.8 Å². The van der Waals surface area contributed by atoms with Crippen molar-refractivity contribution in [3.63, 3.8) is 0 Å². The molecule has 8 heteroatoms. The van der Waals surface area contributed by atoms with E-state index >= 15 is 0 Å². The van der Waals surface area contributed by atoms with Gasteiger partial charge in [0.25, 0.3) is 0 Å². The summed E-state index contributed by atoms with van der Waals surface area (Å²) in [5.74, 6) is -0.437.